The van der Waals surface area contributed by atoms with Crippen LogP contribution >= 0.6 is 11.3 Å². The number of fused-ring (bicyclic) bond motifs is 1. The van der Waals surface area contributed by atoms with Crippen molar-refractivity contribution in [1.82, 2.24) is 0 Å². The van der Waals surface area contributed by atoms with Crippen LogP contribution in [-0.4, -0.2) is 11.9 Å². The average Bonchev–Trinajstić information content (AvgIpc) is 2.99. The van der Waals surface area contributed by atoms with Gasteiger partial charge in [-0.1, -0.05) is 30.3 Å². The first-order chi connectivity index (χ1) is 10.1. The van der Waals surface area contributed by atoms with Crippen molar-refractivity contribution in [3.63, 3.8) is 0 Å². The standard InChI is InChI=1S/C16H13N3OS/c17-16(18)19-15(20)11-6-7-12-10(9-11)3-1-4-13(12)14-5-2-8-21-14/h1-9H,(H4,17,18,19,20). The fourth-order valence-corrected chi connectivity index (χ4v) is 3.01. The number of guanidine groups is 1. The largest absolute Gasteiger partial charge is 0.370 e. The number of nitrogens with zero attached hydrogens (tertiary/aromatic N) is 1. The molecule has 2 aromatic carbocycles. The maximum atomic E-state index is 11.9. The predicted octanol–water partition coefficient (Wildman–Crippen LogP) is 2.98. The van der Waals surface area contributed by atoms with Crippen molar-refractivity contribution in [2.45, 2.75) is 0 Å². The Labute approximate surface area is 125 Å². The van der Waals surface area contributed by atoms with Crippen LogP contribution in [0.2, 0.25) is 0 Å². The van der Waals surface area contributed by atoms with E-state index in [9.17, 15) is 4.79 Å². The second kappa shape index (κ2) is 5.38. The van der Waals surface area contributed by atoms with E-state index < -0.39 is 5.91 Å². The summed E-state index contributed by atoms with van der Waals surface area (Å²) < 4.78 is 0. The molecule has 1 aromatic heterocycles. The quantitative estimate of drug-likeness (QED) is 0.563. The molecule has 1 amide bonds. The fourth-order valence-electron chi connectivity index (χ4n) is 2.25. The van der Waals surface area contributed by atoms with Crippen LogP contribution in [0.3, 0.4) is 0 Å². The number of aliphatic imine (C=N–C) groups is 1. The third-order valence-corrected chi connectivity index (χ3v) is 4.05. The molecule has 0 aliphatic carbocycles. The van der Waals surface area contributed by atoms with Crippen molar-refractivity contribution in [3.05, 3.63) is 59.5 Å². The Bertz CT molecular complexity index is 834. The van der Waals surface area contributed by atoms with Gasteiger partial charge in [-0.3, -0.25) is 4.79 Å². The van der Waals surface area contributed by atoms with E-state index in [-0.39, 0.29) is 5.96 Å². The highest BCUT2D eigenvalue weighted by Gasteiger charge is 2.09. The van der Waals surface area contributed by atoms with Crippen molar-refractivity contribution in [2.24, 2.45) is 16.5 Å². The maximum Gasteiger partial charge on any atom is 0.280 e. The zero-order valence-electron chi connectivity index (χ0n) is 11.1. The highest BCUT2D eigenvalue weighted by molar-refractivity contribution is 7.13. The average molecular weight is 295 g/mol. The topological polar surface area (TPSA) is 81.5 Å². The molecule has 0 spiro atoms. The number of benzene rings is 2. The van der Waals surface area contributed by atoms with Gasteiger partial charge < -0.3 is 11.5 Å². The summed E-state index contributed by atoms with van der Waals surface area (Å²) in [5, 5.41) is 4.13. The van der Waals surface area contributed by atoms with Crippen molar-refractivity contribution >= 4 is 34.0 Å². The maximum absolute atomic E-state index is 11.9. The third-order valence-electron chi connectivity index (χ3n) is 3.14. The molecule has 0 radical (unpaired) electrons. The molecular weight excluding hydrogens is 282 g/mol. The smallest absolute Gasteiger partial charge is 0.280 e. The number of carbonyl (C=O) groups excluding carboxylic acids is 1. The Kier molecular flexibility index (Phi) is 3.41. The molecule has 3 rings (SSSR count). The summed E-state index contributed by atoms with van der Waals surface area (Å²) in [5.41, 5.74) is 12.1. The minimum atomic E-state index is -0.432. The van der Waals surface area contributed by atoms with Gasteiger partial charge in [0.25, 0.3) is 5.91 Å². The van der Waals surface area contributed by atoms with Crippen molar-refractivity contribution < 1.29 is 4.79 Å². The Morgan fingerprint density at radius 1 is 1.05 bits per heavy atom. The van der Waals surface area contributed by atoms with E-state index in [0.717, 1.165) is 16.3 Å². The van der Waals surface area contributed by atoms with Crippen LogP contribution in [-0.2, 0) is 0 Å². The zero-order chi connectivity index (χ0) is 14.8. The molecule has 5 heteroatoms. The first-order valence-electron chi connectivity index (χ1n) is 6.36. The summed E-state index contributed by atoms with van der Waals surface area (Å²) in [6, 6.07) is 15.6. The van der Waals surface area contributed by atoms with Gasteiger partial charge in [-0.25, -0.2) is 0 Å². The van der Waals surface area contributed by atoms with Gasteiger partial charge in [0.1, 0.15) is 0 Å². The minimum absolute atomic E-state index is 0.229. The lowest BCUT2D eigenvalue weighted by molar-refractivity contribution is 0.100. The van der Waals surface area contributed by atoms with Crippen LogP contribution in [0.15, 0.2) is 58.9 Å². The molecule has 0 unspecified atom stereocenters. The molecule has 0 fully saturated rings. The normalized spacial score (nSPS) is 10.5. The van der Waals surface area contributed by atoms with Gasteiger partial charge >= 0.3 is 0 Å². The molecule has 21 heavy (non-hydrogen) atoms. The van der Waals surface area contributed by atoms with Crippen LogP contribution in [0.1, 0.15) is 10.4 Å². The summed E-state index contributed by atoms with van der Waals surface area (Å²) in [6.45, 7) is 0. The van der Waals surface area contributed by atoms with E-state index in [1.807, 2.05) is 29.6 Å². The van der Waals surface area contributed by atoms with E-state index in [4.69, 9.17) is 11.5 Å². The molecule has 1 heterocycles. The molecule has 4 nitrogen and oxygen atoms in total. The van der Waals surface area contributed by atoms with Crippen LogP contribution < -0.4 is 11.5 Å². The number of nitrogens with two attached hydrogens (primary N) is 2. The third kappa shape index (κ3) is 2.64. The second-order valence-electron chi connectivity index (χ2n) is 4.56. The van der Waals surface area contributed by atoms with Crippen molar-refractivity contribution in [2.75, 3.05) is 0 Å². The van der Waals surface area contributed by atoms with E-state index in [1.165, 1.54) is 4.88 Å². The Balaban J connectivity index is 2.12. The van der Waals surface area contributed by atoms with Gasteiger partial charge in [-0.2, -0.15) is 4.99 Å². The van der Waals surface area contributed by atoms with E-state index in [0.29, 0.717) is 5.56 Å². The number of amides is 1. The van der Waals surface area contributed by atoms with Crippen LogP contribution in [0.25, 0.3) is 21.2 Å². The summed E-state index contributed by atoms with van der Waals surface area (Å²) in [4.78, 5) is 16.6. The van der Waals surface area contributed by atoms with E-state index in [2.05, 4.69) is 17.1 Å². The van der Waals surface area contributed by atoms with Gasteiger partial charge in [0.2, 0.25) is 0 Å². The first-order valence-corrected chi connectivity index (χ1v) is 7.24. The van der Waals surface area contributed by atoms with Gasteiger partial charge in [-0.15, -0.1) is 11.3 Å². The molecule has 0 saturated carbocycles. The molecule has 0 atom stereocenters. The summed E-state index contributed by atoms with van der Waals surface area (Å²) in [6.07, 6.45) is 0. The monoisotopic (exact) mass is 295 g/mol. The number of rotatable bonds is 2. The molecule has 104 valence electrons. The van der Waals surface area contributed by atoms with Crippen LogP contribution in [0, 0.1) is 0 Å². The molecule has 0 bridgehead atoms. The molecule has 0 aliphatic heterocycles. The number of hydrogen-bond acceptors (Lipinski definition) is 2. The lowest BCUT2D eigenvalue weighted by atomic mass is 10.0. The molecule has 0 aliphatic rings. The Morgan fingerprint density at radius 2 is 1.90 bits per heavy atom. The minimum Gasteiger partial charge on any atom is -0.370 e. The van der Waals surface area contributed by atoms with Crippen LogP contribution in [0.5, 0.6) is 0 Å². The highest BCUT2D eigenvalue weighted by atomic mass is 32.1. The molecule has 4 N–H and O–H groups in total. The van der Waals surface area contributed by atoms with Crippen molar-refractivity contribution in [3.8, 4) is 10.4 Å². The SMILES string of the molecule is NC(N)=NC(=O)c1ccc2c(-c3cccs3)cccc2c1. The van der Waals surface area contributed by atoms with Gasteiger partial charge in [0, 0.05) is 10.4 Å². The number of thiophene rings is 1. The fraction of sp³-hybridized carbons (Fsp3) is 0. The number of hydrogen-bond donors (Lipinski definition) is 2. The number of carbonyl (C=O) groups is 1. The highest BCUT2D eigenvalue weighted by Crippen LogP contribution is 2.32. The predicted molar refractivity (Wildman–Crippen MR) is 87.4 cm³/mol. The first kappa shape index (κ1) is 13.3. The molecule has 3 aromatic rings. The van der Waals surface area contributed by atoms with Gasteiger partial charge in [0.05, 0.1) is 0 Å². The summed E-state index contributed by atoms with van der Waals surface area (Å²) in [7, 11) is 0. The summed E-state index contributed by atoms with van der Waals surface area (Å²) in [5.74, 6) is -0.661. The molecular formula is C16H13N3OS. The summed E-state index contributed by atoms with van der Waals surface area (Å²) >= 11 is 1.69. The molecule has 0 saturated heterocycles. The van der Waals surface area contributed by atoms with E-state index in [1.54, 1.807) is 23.5 Å². The Morgan fingerprint density at radius 3 is 2.62 bits per heavy atom. The van der Waals surface area contributed by atoms with Gasteiger partial charge in [0.15, 0.2) is 5.96 Å². The second-order valence-corrected chi connectivity index (χ2v) is 5.51. The lowest BCUT2D eigenvalue weighted by Crippen LogP contribution is -2.24. The van der Waals surface area contributed by atoms with E-state index >= 15 is 0 Å². The van der Waals surface area contributed by atoms with Crippen LogP contribution in [0.4, 0.5) is 0 Å². The zero-order valence-corrected chi connectivity index (χ0v) is 11.9. The van der Waals surface area contributed by atoms with Gasteiger partial charge in [-0.05, 0) is 39.9 Å². The Hall–Kier alpha value is -2.66. The lowest BCUT2D eigenvalue weighted by Gasteiger charge is -2.06. The van der Waals surface area contributed by atoms with Crippen molar-refractivity contribution in [1.29, 1.82) is 0 Å².